The van der Waals surface area contributed by atoms with E-state index < -0.39 is 24.1 Å². The van der Waals surface area contributed by atoms with Crippen LogP contribution in [0.25, 0.3) is 0 Å². The van der Waals surface area contributed by atoms with Crippen LogP contribution in [0.3, 0.4) is 0 Å². The number of allylic oxidation sites excluding steroid dienone is 18. The molecule has 0 aromatic rings. The molecule has 8 nitrogen and oxygen atoms in total. The minimum Gasteiger partial charge on any atom is -0.544 e. The van der Waals surface area contributed by atoms with Crippen LogP contribution in [0.1, 0.15) is 155 Å². The van der Waals surface area contributed by atoms with Crippen LogP contribution < -0.4 is 5.11 Å². The fraction of sp³-hybridized carbons (Fsp3) is 0.604. The van der Waals surface area contributed by atoms with Crippen molar-refractivity contribution in [1.29, 1.82) is 0 Å². The van der Waals surface area contributed by atoms with Crippen molar-refractivity contribution >= 4 is 17.9 Å². The number of hydrogen-bond donors (Lipinski definition) is 0. The second-order valence-corrected chi connectivity index (χ2v) is 16.3. The summed E-state index contributed by atoms with van der Waals surface area (Å²) in [6.07, 6.45) is 58.5. The Kier molecular flexibility index (Phi) is 39.9. The number of likely N-dealkylation sites (N-methyl/N-ethyl adjacent to an activating group) is 1. The van der Waals surface area contributed by atoms with Crippen molar-refractivity contribution in [1.82, 2.24) is 0 Å². The van der Waals surface area contributed by atoms with Crippen LogP contribution in [0.15, 0.2) is 109 Å². The molecule has 0 heterocycles. The zero-order valence-electron chi connectivity index (χ0n) is 39.0. The largest absolute Gasteiger partial charge is 0.544 e. The molecule has 8 heteroatoms. The van der Waals surface area contributed by atoms with E-state index in [-0.39, 0.29) is 49.5 Å². The number of rotatable bonds is 40. The topological polar surface area (TPSA) is 102 Å². The molecule has 0 aromatic carbocycles. The lowest BCUT2D eigenvalue weighted by Gasteiger charge is -2.34. The van der Waals surface area contributed by atoms with Crippen molar-refractivity contribution in [3.8, 4) is 0 Å². The number of esters is 2. The Morgan fingerprint density at radius 2 is 0.918 bits per heavy atom. The van der Waals surface area contributed by atoms with Gasteiger partial charge in [0.05, 0.1) is 40.3 Å². The van der Waals surface area contributed by atoms with Gasteiger partial charge in [0.1, 0.15) is 12.6 Å². The van der Waals surface area contributed by atoms with Gasteiger partial charge in [0, 0.05) is 19.3 Å². The zero-order chi connectivity index (χ0) is 44.9. The normalized spacial score (nSPS) is 13.9. The summed E-state index contributed by atoms with van der Waals surface area (Å²) < 4.78 is 17.1. The highest BCUT2D eigenvalue weighted by Gasteiger charge is 2.25. The van der Waals surface area contributed by atoms with E-state index in [4.69, 9.17) is 14.2 Å². The average Bonchev–Trinajstić information content (AvgIpc) is 3.22. The SMILES string of the molecule is CC/C=C/C/C=C/C/C=C/C/C=C/C/C=C/C/C=C/CCCC(=O)OC(COCCC(C(=O)[O-])[N+](C)(C)C)COC(=O)CCC/C=C/C/C=C/C/C=C/CCCCCCCC. The Morgan fingerprint density at radius 1 is 0.508 bits per heavy atom. The first-order chi connectivity index (χ1) is 29.6. The Hall–Kier alpha value is -4.01. The number of carboxylic acids is 1. The molecule has 0 rings (SSSR count). The molecular weight excluding hydrogens is 763 g/mol. The van der Waals surface area contributed by atoms with Crippen molar-refractivity contribution < 1.29 is 38.2 Å². The van der Waals surface area contributed by atoms with Crippen molar-refractivity contribution in [2.75, 3.05) is 41.0 Å². The molecule has 0 saturated carbocycles. The molecule has 0 aliphatic heterocycles. The number of aliphatic carboxylic acids is 1. The summed E-state index contributed by atoms with van der Waals surface area (Å²) in [4.78, 5) is 36.9. The molecule has 0 N–H and O–H groups in total. The smallest absolute Gasteiger partial charge is 0.306 e. The lowest BCUT2D eigenvalue weighted by Crippen LogP contribution is -2.55. The second-order valence-electron chi connectivity index (χ2n) is 16.3. The van der Waals surface area contributed by atoms with Crippen LogP contribution in [0.5, 0.6) is 0 Å². The van der Waals surface area contributed by atoms with E-state index in [1.807, 2.05) is 0 Å². The van der Waals surface area contributed by atoms with E-state index in [1.165, 1.54) is 44.9 Å². The third kappa shape index (κ3) is 41.1. The molecule has 0 fully saturated rings. The standard InChI is InChI=1S/C53H85NO7/c1-6-8-10-12-14-16-18-20-22-24-25-26-28-30-32-34-36-38-40-42-44-52(56)61-49(47-59-46-45-50(53(57)58)54(3,4)5)48-60-51(55)43-41-39-37-35-33-31-29-27-23-21-19-17-15-13-11-9-7-2/h8,10,14,16,20-23,25-26,29-32,35-38,49-50H,6-7,9,11-13,15,17-19,24,27-28,33-34,39-48H2,1-5H3/b10-8+,16-14+,22-20+,23-21+,26-25+,31-29+,32-30+,37-35+,38-36+. The van der Waals surface area contributed by atoms with Crippen LogP contribution in [0.4, 0.5) is 0 Å². The van der Waals surface area contributed by atoms with Crippen LogP contribution in [0, 0.1) is 0 Å². The molecule has 0 saturated heterocycles. The molecule has 0 radical (unpaired) electrons. The van der Waals surface area contributed by atoms with Gasteiger partial charge in [-0.1, -0.05) is 155 Å². The van der Waals surface area contributed by atoms with E-state index in [1.54, 1.807) is 21.1 Å². The van der Waals surface area contributed by atoms with Crippen LogP contribution in [-0.2, 0) is 28.6 Å². The zero-order valence-corrected chi connectivity index (χ0v) is 39.0. The molecule has 0 aliphatic carbocycles. The van der Waals surface area contributed by atoms with Gasteiger partial charge in [-0.3, -0.25) is 9.59 Å². The number of quaternary nitrogens is 1. The number of unbranched alkanes of at least 4 members (excludes halogenated alkanes) is 8. The Morgan fingerprint density at radius 3 is 1.36 bits per heavy atom. The highest BCUT2D eigenvalue weighted by molar-refractivity contribution is 5.70. The maximum absolute atomic E-state index is 12.7. The molecule has 2 atom stereocenters. The predicted octanol–water partition coefficient (Wildman–Crippen LogP) is 11.9. The minimum atomic E-state index is -1.15. The van der Waals surface area contributed by atoms with Gasteiger partial charge in [0.15, 0.2) is 6.10 Å². The van der Waals surface area contributed by atoms with Gasteiger partial charge in [-0.05, 0) is 89.9 Å². The van der Waals surface area contributed by atoms with E-state index in [2.05, 4.69) is 123 Å². The van der Waals surface area contributed by atoms with Gasteiger partial charge in [0.25, 0.3) is 0 Å². The van der Waals surface area contributed by atoms with Gasteiger partial charge in [0.2, 0.25) is 0 Å². The fourth-order valence-corrected chi connectivity index (χ4v) is 6.04. The monoisotopic (exact) mass is 848 g/mol. The van der Waals surface area contributed by atoms with Crippen molar-refractivity contribution in [3.63, 3.8) is 0 Å². The summed E-state index contributed by atoms with van der Waals surface area (Å²) in [6.45, 7) is 4.40. The molecule has 2 unspecified atom stereocenters. The number of carboxylic acid groups (broad SMARTS) is 1. The van der Waals surface area contributed by atoms with Gasteiger partial charge in [-0.15, -0.1) is 0 Å². The number of carbonyl (C=O) groups is 3. The summed E-state index contributed by atoms with van der Waals surface area (Å²) in [6, 6.07) is -0.750. The highest BCUT2D eigenvalue weighted by Crippen LogP contribution is 2.11. The average molecular weight is 848 g/mol. The van der Waals surface area contributed by atoms with Crippen molar-refractivity contribution in [2.24, 2.45) is 0 Å². The van der Waals surface area contributed by atoms with Gasteiger partial charge in [-0.25, -0.2) is 0 Å². The quantitative estimate of drug-likeness (QED) is 0.0262. The van der Waals surface area contributed by atoms with Gasteiger partial charge in [-0.2, -0.15) is 0 Å². The van der Waals surface area contributed by atoms with Crippen molar-refractivity contribution in [3.05, 3.63) is 109 Å². The molecule has 0 aromatic heterocycles. The first-order valence-corrected chi connectivity index (χ1v) is 23.4. The summed E-state index contributed by atoms with van der Waals surface area (Å²) in [7, 11) is 5.36. The maximum atomic E-state index is 12.7. The Labute approximate surface area is 372 Å². The molecule has 0 aliphatic rings. The molecule has 344 valence electrons. The summed E-state index contributed by atoms with van der Waals surface area (Å²) in [5.41, 5.74) is 0. The van der Waals surface area contributed by atoms with E-state index in [0.29, 0.717) is 12.8 Å². The predicted molar refractivity (Wildman–Crippen MR) is 254 cm³/mol. The lowest BCUT2D eigenvalue weighted by molar-refractivity contribution is -0.889. The molecule has 0 bridgehead atoms. The Bertz CT molecular complexity index is 1360. The van der Waals surface area contributed by atoms with E-state index >= 15 is 0 Å². The van der Waals surface area contributed by atoms with E-state index in [0.717, 1.165) is 64.2 Å². The number of hydrogen-bond acceptors (Lipinski definition) is 7. The molecular formula is C53H85NO7. The molecule has 0 spiro atoms. The minimum absolute atomic E-state index is 0.00570. The van der Waals surface area contributed by atoms with E-state index in [9.17, 15) is 19.5 Å². The summed E-state index contributed by atoms with van der Waals surface area (Å²) >= 11 is 0. The molecule has 61 heavy (non-hydrogen) atoms. The summed E-state index contributed by atoms with van der Waals surface area (Å²) in [5, 5.41) is 11.6. The summed E-state index contributed by atoms with van der Waals surface area (Å²) in [5.74, 6) is -1.90. The third-order valence-electron chi connectivity index (χ3n) is 9.64. The van der Waals surface area contributed by atoms with Gasteiger partial charge >= 0.3 is 11.9 Å². The third-order valence-corrected chi connectivity index (χ3v) is 9.64. The first kappa shape index (κ1) is 57.0. The van der Waals surface area contributed by atoms with Crippen molar-refractivity contribution in [2.45, 2.75) is 167 Å². The second kappa shape index (κ2) is 42.7. The highest BCUT2D eigenvalue weighted by atomic mass is 16.6. The first-order valence-electron chi connectivity index (χ1n) is 23.4. The lowest BCUT2D eigenvalue weighted by atomic mass is 10.1. The maximum Gasteiger partial charge on any atom is 0.306 e. The fourth-order valence-electron chi connectivity index (χ4n) is 6.04. The number of carbonyl (C=O) groups excluding carboxylic acids is 3. The van der Waals surface area contributed by atoms with Crippen LogP contribution in [0.2, 0.25) is 0 Å². The number of nitrogens with zero attached hydrogens (tertiary/aromatic N) is 1. The molecule has 0 amide bonds. The van der Waals surface area contributed by atoms with Crippen LogP contribution >= 0.6 is 0 Å². The Balaban J connectivity index is 4.53. The number of ether oxygens (including phenoxy) is 3. The van der Waals surface area contributed by atoms with Gasteiger partial charge < -0.3 is 28.6 Å². The van der Waals surface area contributed by atoms with Crippen LogP contribution in [-0.4, -0.2) is 75.5 Å².